The molecule has 3 nitrogen and oxygen atoms in total. The Balaban J connectivity index is 1.43. The lowest BCUT2D eigenvalue weighted by molar-refractivity contribution is -0.0598. The van der Waals surface area contributed by atoms with Crippen LogP contribution in [0.1, 0.15) is 32.1 Å². The fourth-order valence-electron chi connectivity index (χ4n) is 2.99. The van der Waals surface area contributed by atoms with Gasteiger partial charge in [-0.1, -0.05) is 12.8 Å². The Kier molecular flexibility index (Phi) is 2.95. The van der Waals surface area contributed by atoms with Crippen molar-refractivity contribution in [2.45, 2.75) is 50.4 Å². The second-order valence-corrected chi connectivity index (χ2v) is 5.19. The summed E-state index contributed by atoms with van der Waals surface area (Å²) in [5.74, 6) is 0.840. The molecular weight excluding hydrogens is 190 g/mol. The summed E-state index contributed by atoms with van der Waals surface area (Å²) in [7, 11) is 0. The molecule has 2 heterocycles. The maximum Gasteiger partial charge on any atom is 0.0824 e. The average molecular weight is 211 g/mol. The first-order valence-electron chi connectivity index (χ1n) is 6.39. The zero-order valence-electron chi connectivity index (χ0n) is 9.28. The van der Waals surface area contributed by atoms with E-state index in [9.17, 15) is 0 Å². The standard InChI is InChI=1S/C12H21NO2/c1-2-4-12-9(3-1)5-10(15-12)8-14-11-6-13-7-11/h9-13H,1-8H2. The summed E-state index contributed by atoms with van der Waals surface area (Å²) in [6.45, 7) is 2.87. The van der Waals surface area contributed by atoms with E-state index in [1.54, 1.807) is 0 Å². The first-order valence-corrected chi connectivity index (χ1v) is 6.39. The van der Waals surface area contributed by atoms with Gasteiger partial charge in [0.2, 0.25) is 0 Å². The lowest BCUT2D eigenvalue weighted by Crippen LogP contribution is -2.49. The molecule has 3 unspecified atom stereocenters. The van der Waals surface area contributed by atoms with Crippen molar-refractivity contribution < 1.29 is 9.47 Å². The van der Waals surface area contributed by atoms with Gasteiger partial charge in [0.25, 0.3) is 0 Å². The summed E-state index contributed by atoms with van der Waals surface area (Å²) in [6, 6.07) is 0. The normalized spacial score (nSPS) is 41.2. The molecule has 2 saturated heterocycles. The maximum atomic E-state index is 6.04. The van der Waals surface area contributed by atoms with Crippen molar-refractivity contribution >= 4 is 0 Å². The predicted octanol–water partition coefficient (Wildman–Crippen LogP) is 1.32. The zero-order valence-corrected chi connectivity index (χ0v) is 9.28. The summed E-state index contributed by atoms with van der Waals surface area (Å²) >= 11 is 0. The van der Waals surface area contributed by atoms with Gasteiger partial charge in [0.05, 0.1) is 24.9 Å². The Morgan fingerprint density at radius 2 is 2.07 bits per heavy atom. The van der Waals surface area contributed by atoms with Crippen molar-refractivity contribution in [1.82, 2.24) is 5.32 Å². The number of ether oxygens (including phenoxy) is 2. The lowest BCUT2D eigenvalue weighted by Gasteiger charge is -2.28. The Bertz CT molecular complexity index is 204. The third-order valence-corrected chi connectivity index (χ3v) is 4.03. The lowest BCUT2D eigenvalue weighted by atomic mass is 9.85. The van der Waals surface area contributed by atoms with Crippen LogP contribution >= 0.6 is 0 Å². The van der Waals surface area contributed by atoms with Gasteiger partial charge in [-0.25, -0.2) is 0 Å². The van der Waals surface area contributed by atoms with Gasteiger partial charge in [-0.05, 0) is 25.2 Å². The van der Waals surface area contributed by atoms with Crippen LogP contribution in [0.25, 0.3) is 0 Å². The largest absolute Gasteiger partial charge is 0.373 e. The molecule has 0 radical (unpaired) electrons. The molecule has 0 spiro atoms. The Morgan fingerprint density at radius 1 is 1.20 bits per heavy atom. The number of nitrogens with one attached hydrogen (secondary N) is 1. The summed E-state index contributed by atoms with van der Waals surface area (Å²) in [4.78, 5) is 0. The molecule has 1 aliphatic carbocycles. The van der Waals surface area contributed by atoms with Gasteiger partial charge in [-0.15, -0.1) is 0 Å². The van der Waals surface area contributed by atoms with E-state index < -0.39 is 0 Å². The van der Waals surface area contributed by atoms with Gasteiger partial charge >= 0.3 is 0 Å². The summed E-state index contributed by atoms with van der Waals surface area (Å²) in [5, 5.41) is 3.22. The van der Waals surface area contributed by atoms with Crippen molar-refractivity contribution in [2.24, 2.45) is 5.92 Å². The van der Waals surface area contributed by atoms with Crippen LogP contribution < -0.4 is 5.32 Å². The Labute approximate surface area is 91.5 Å². The zero-order chi connectivity index (χ0) is 10.1. The van der Waals surface area contributed by atoms with E-state index in [1.165, 1.54) is 32.1 Å². The summed E-state index contributed by atoms with van der Waals surface area (Å²) in [6.07, 6.45) is 8.08. The molecule has 1 saturated carbocycles. The molecule has 3 rings (SSSR count). The van der Waals surface area contributed by atoms with Crippen LogP contribution in [0.2, 0.25) is 0 Å². The van der Waals surface area contributed by atoms with E-state index in [4.69, 9.17) is 9.47 Å². The van der Waals surface area contributed by atoms with Crippen molar-refractivity contribution in [3.8, 4) is 0 Å². The topological polar surface area (TPSA) is 30.5 Å². The van der Waals surface area contributed by atoms with Crippen LogP contribution in [0, 0.1) is 5.92 Å². The quantitative estimate of drug-likeness (QED) is 0.764. The monoisotopic (exact) mass is 211 g/mol. The molecule has 1 N–H and O–H groups in total. The van der Waals surface area contributed by atoms with E-state index in [2.05, 4.69) is 5.32 Å². The summed E-state index contributed by atoms with van der Waals surface area (Å²) < 4.78 is 11.8. The van der Waals surface area contributed by atoms with E-state index in [1.807, 2.05) is 0 Å². The van der Waals surface area contributed by atoms with Gasteiger partial charge in [0.15, 0.2) is 0 Å². The predicted molar refractivity (Wildman–Crippen MR) is 57.8 cm³/mol. The molecule has 0 amide bonds. The highest BCUT2D eigenvalue weighted by Gasteiger charge is 2.36. The minimum atomic E-state index is 0.388. The number of hydrogen-bond donors (Lipinski definition) is 1. The third kappa shape index (κ3) is 2.19. The minimum absolute atomic E-state index is 0.388. The molecule has 3 fully saturated rings. The number of fused-ring (bicyclic) bond motifs is 1. The van der Waals surface area contributed by atoms with Gasteiger partial charge in [-0.2, -0.15) is 0 Å². The molecule has 0 bridgehead atoms. The van der Waals surface area contributed by atoms with Crippen LogP contribution in [-0.2, 0) is 9.47 Å². The highest BCUT2D eigenvalue weighted by atomic mass is 16.5. The molecular formula is C12H21NO2. The van der Waals surface area contributed by atoms with E-state index in [-0.39, 0.29) is 0 Å². The highest BCUT2D eigenvalue weighted by Crippen LogP contribution is 2.37. The average Bonchev–Trinajstić information content (AvgIpc) is 2.57. The van der Waals surface area contributed by atoms with Crippen LogP contribution in [0.3, 0.4) is 0 Å². The summed E-state index contributed by atoms with van der Waals surface area (Å²) in [5.41, 5.74) is 0. The molecule has 3 heteroatoms. The Morgan fingerprint density at radius 3 is 2.80 bits per heavy atom. The van der Waals surface area contributed by atoms with Gasteiger partial charge < -0.3 is 14.8 Å². The second kappa shape index (κ2) is 4.40. The van der Waals surface area contributed by atoms with E-state index in [0.29, 0.717) is 18.3 Å². The molecule has 3 atom stereocenters. The number of rotatable bonds is 3. The fourth-order valence-corrected chi connectivity index (χ4v) is 2.99. The van der Waals surface area contributed by atoms with Crippen molar-refractivity contribution in [3.63, 3.8) is 0 Å². The van der Waals surface area contributed by atoms with Crippen LogP contribution in [0.5, 0.6) is 0 Å². The van der Waals surface area contributed by atoms with Crippen LogP contribution in [0.4, 0.5) is 0 Å². The molecule has 0 aromatic carbocycles. The van der Waals surface area contributed by atoms with Crippen LogP contribution in [-0.4, -0.2) is 38.0 Å². The maximum absolute atomic E-state index is 6.04. The Hall–Kier alpha value is -0.120. The van der Waals surface area contributed by atoms with Crippen molar-refractivity contribution in [3.05, 3.63) is 0 Å². The second-order valence-electron chi connectivity index (χ2n) is 5.19. The smallest absolute Gasteiger partial charge is 0.0824 e. The molecule has 2 aliphatic heterocycles. The van der Waals surface area contributed by atoms with Gasteiger partial charge in [0.1, 0.15) is 0 Å². The third-order valence-electron chi connectivity index (χ3n) is 4.03. The van der Waals surface area contributed by atoms with Crippen molar-refractivity contribution in [2.75, 3.05) is 19.7 Å². The van der Waals surface area contributed by atoms with Gasteiger partial charge in [-0.3, -0.25) is 0 Å². The SMILES string of the molecule is C1CCC2OC(COC3CNC3)CC2C1. The first-order chi connectivity index (χ1) is 7.42. The molecule has 3 aliphatic rings. The molecule has 15 heavy (non-hydrogen) atoms. The highest BCUT2D eigenvalue weighted by molar-refractivity contribution is 4.86. The van der Waals surface area contributed by atoms with Crippen LogP contribution in [0.15, 0.2) is 0 Å². The fraction of sp³-hybridized carbons (Fsp3) is 1.00. The van der Waals surface area contributed by atoms with E-state index >= 15 is 0 Å². The first kappa shape index (κ1) is 10.1. The number of hydrogen-bond acceptors (Lipinski definition) is 3. The molecule has 0 aromatic heterocycles. The van der Waals surface area contributed by atoms with Gasteiger partial charge in [0, 0.05) is 13.1 Å². The molecule has 86 valence electrons. The van der Waals surface area contributed by atoms with E-state index in [0.717, 1.165) is 25.6 Å². The van der Waals surface area contributed by atoms with Crippen molar-refractivity contribution in [1.29, 1.82) is 0 Å². The molecule has 0 aromatic rings. The minimum Gasteiger partial charge on any atom is -0.373 e.